The van der Waals surface area contributed by atoms with Crippen LogP contribution in [0.1, 0.15) is 11.6 Å². The van der Waals surface area contributed by atoms with E-state index in [0.717, 1.165) is 10.9 Å². The summed E-state index contributed by atoms with van der Waals surface area (Å²) in [7, 11) is 0. The first-order chi connectivity index (χ1) is 8.35. The van der Waals surface area contributed by atoms with E-state index in [-0.39, 0.29) is 6.04 Å². The van der Waals surface area contributed by atoms with E-state index in [4.69, 9.17) is 5.26 Å². The van der Waals surface area contributed by atoms with Gasteiger partial charge in [0, 0.05) is 6.54 Å². The molecule has 2 aromatic rings. The van der Waals surface area contributed by atoms with Crippen molar-refractivity contribution in [3.05, 3.63) is 60.7 Å². The average molecular weight is 222 g/mol. The Morgan fingerprint density at radius 3 is 2.71 bits per heavy atom. The van der Waals surface area contributed by atoms with Crippen LogP contribution < -0.4 is 5.32 Å². The molecule has 17 heavy (non-hydrogen) atoms. The van der Waals surface area contributed by atoms with Gasteiger partial charge in [-0.05, 0) is 22.4 Å². The molecular formula is C15H14N2. The molecule has 0 spiro atoms. The highest BCUT2D eigenvalue weighted by Crippen LogP contribution is 2.19. The Balaban J connectivity index is 2.34. The number of rotatable bonds is 4. The second kappa shape index (κ2) is 5.29. The molecule has 2 aromatic carbocycles. The highest BCUT2D eigenvalue weighted by Gasteiger charge is 2.08. The second-order valence-corrected chi connectivity index (χ2v) is 3.87. The molecule has 0 radical (unpaired) electrons. The van der Waals surface area contributed by atoms with E-state index in [1.165, 1.54) is 5.39 Å². The van der Waals surface area contributed by atoms with Crippen molar-refractivity contribution in [2.45, 2.75) is 6.04 Å². The molecule has 0 aliphatic carbocycles. The van der Waals surface area contributed by atoms with Gasteiger partial charge in [-0.3, -0.25) is 5.32 Å². The van der Waals surface area contributed by atoms with Gasteiger partial charge in [0.05, 0.1) is 6.07 Å². The van der Waals surface area contributed by atoms with Gasteiger partial charge in [-0.1, -0.05) is 42.5 Å². The van der Waals surface area contributed by atoms with E-state index < -0.39 is 0 Å². The number of nitrogens with zero attached hydrogens (tertiary/aromatic N) is 1. The molecule has 1 unspecified atom stereocenters. The Morgan fingerprint density at radius 1 is 1.24 bits per heavy atom. The summed E-state index contributed by atoms with van der Waals surface area (Å²) in [6, 6.07) is 16.2. The SMILES string of the molecule is C=CCNC(C#N)c1ccc2ccccc2c1. The van der Waals surface area contributed by atoms with E-state index >= 15 is 0 Å². The van der Waals surface area contributed by atoms with Gasteiger partial charge in [-0.25, -0.2) is 0 Å². The van der Waals surface area contributed by atoms with Crippen LogP contribution in [0.25, 0.3) is 10.8 Å². The molecule has 0 aromatic heterocycles. The fourth-order valence-electron chi connectivity index (χ4n) is 1.83. The number of hydrogen-bond acceptors (Lipinski definition) is 2. The molecule has 0 saturated heterocycles. The van der Waals surface area contributed by atoms with Crippen LogP contribution in [-0.4, -0.2) is 6.54 Å². The van der Waals surface area contributed by atoms with Crippen LogP contribution in [0.4, 0.5) is 0 Å². The van der Waals surface area contributed by atoms with Crippen LogP contribution in [0.2, 0.25) is 0 Å². The second-order valence-electron chi connectivity index (χ2n) is 3.87. The lowest BCUT2D eigenvalue weighted by Crippen LogP contribution is -2.19. The minimum Gasteiger partial charge on any atom is -0.295 e. The van der Waals surface area contributed by atoms with Crippen molar-refractivity contribution < 1.29 is 0 Å². The van der Waals surface area contributed by atoms with Gasteiger partial charge in [-0.2, -0.15) is 5.26 Å². The molecule has 0 fully saturated rings. The number of benzene rings is 2. The molecule has 2 rings (SSSR count). The molecule has 0 aliphatic rings. The summed E-state index contributed by atoms with van der Waals surface area (Å²) in [6.45, 7) is 4.27. The third kappa shape index (κ3) is 2.52. The molecule has 0 aliphatic heterocycles. The predicted octanol–water partition coefficient (Wildman–Crippen LogP) is 3.18. The summed E-state index contributed by atoms with van der Waals surface area (Å²) in [5, 5.41) is 14.6. The van der Waals surface area contributed by atoms with E-state index in [1.807, 2.05) is 24.3 Å². The van der Waals surface area contributed by atoms with E-state index in [1.54, 1.807) is 6.08 Å². The largest absolute Gasteiger partial charge is 0.295 e. The van der Waals surface area contributed by atoms with Crippen LogP contribution in [0, 0.1) is 11.3 Å². The van der Waals surface area contributed by atoms with Crippen molar-refractivity contribution in [1.29, 1.82) is 5.26 Å². The van der Waals surface area contributed by atoms with Gasteiger partial charge in [0.2, 0.25) is 0 Å². The predicted molar refractivity (Wildman–Crippen MR) is 70.5 cm³/mol. The van der Waals surface area contributed by atoms with Gasteiger partial charge in [0.1, 0.15) is 6.04 Å². The molecular weight excluding hydrogens is 208 g/mol. The normalized spacial score (nSPS) is 11.9. The number of hydrogen-bond donors (Lipinski definition) is 1. The monoisotopic (exact) mass is 222 g/mol. The van der Waals surface area contributed by atoms with Crippen molar-refractivity contribution in [2.75, 3.05) is 6.54 Å². The highest BCUT2D eigenvalue weighted by molar-refractivity contribution is 5.83. The lowest BCUT2D eigenvalue weighted by Gasteiger charge is -2.11. The van der Waals surface area contributed by atoms with Gasteiger partial charge in [0.25, 0.3) is 0 Å². The summed E-state index contributed by atoms with van der Waals surface area (Å²) in [4.78, 5) is 0. The van der Waals surface area contributed by atoms with Crippen LogP contribution in [0.5, 0.6) is 0 Å². The number of nitrogens with one attached hydrogen (secondary N) is 1. The Hall–Kier alpha value is -2.11. The quantitative estimate of drug-likeness (QED) is 0.806. The van der Waals surface area contributed by atoms with E-state index in [9.17, 15) is 0 Å². The molecule has 1 N–H and O–H groups in total. The summed E-state index contributed by atoms with van der Waals surface area (Å²) >= 11 is 0. The van der Waals surface area contributed by atoms with Crippen molar-refractivity contribution in [3.8, 4) is 6.07 Å². The molecule has 0 bridgehead atoms. The fourth-order valence-corrected chi connectivity index (χ4v) is 1.83. The summed E-state index contributed by atoms with van der Waals surface area (Å²) in [5.74, 6) is 0. The lowest BCUT2D eigenvalue weighted by molar-refractivity contribution is 0.684. The Kier molecular flexibility index (Phi) is 3.54. The molecule has 1 atom stereocenters. The first kappa shape index (κ1) is 11.4. The van der Waals surface area contributed by atoms with Gasteiger partial charge in [0.15, 0.2) is 0 Å². The zero-order valence-corrected chi connectivity index (χ0v) is 9.56. The zero-order chi connectivity index (χ0) is 12.1. The summed E-state index contributed by atoms with van der Waals surface area (Å²) in [5.41, 5.74) is 0.994. The lowest BCUT2D eigenvalue weighted by atomic mass is 10.0. The topological polar surface area (TPSA) is 35.8 Å². The van der Waals surface area contributed by atoms with Crippen LogP contribution in [0.15, 0.2) is 55.1 Å². The molecule has 0 amide bonds. The van der Waals surface area contributed by atoms with Gasteiger partial charge < -0.3 is 0 Å². The third-order valence-electron chi connectivity index (χ3n) is 2.70. The van der Waals surface area contributed by atoms with Crippen LogP contribution in [-0.2, 0) is 0 Å². The fraction of sp³-hybridized carbons (Fsp3) is 0.133. The Morgan fingerprint density at radius 2 is 2.00 bits per heavy atom. The zero-order valence-electron chi connectivity index (χ0n) is 9.56. The average Bonchev–Trinajstić information content (AvgIpc) is 2.39. The molecule has 2 heteroatoms. The molecule has 2 nitrogen and oxygen atoms in total. The van der Waals surface area contributed by atoms with Crippen molar-refractivity contribution in [2.24, 2.45) is 0 Å². The molecule has 0 heterocycles. The Bertz CT molecular complexity index is 566. The number of nitriles is 1. The molecule has 84 valence electrons. The maximum absolute atomic E-state index is 9.13. The van der Waals surface area contributed by atoms with E-state index in [2.05, 4.69) is 36.2 Å². The Labute approximate surface area is 101 Å². The minimum atomic E-state index is -0.280. The van der Waals surface area contributed by atoms with E-state index in [0.29, 0.717) is 6.54 Å². The van der Waals surface area contributed by atoms with Crippen molar-refractivity contribution in [3.63, 3.8) is 0 Å². The standard InChI is InChI=1S/C15H14N2/c1-2-9-17-15(11-16)14-8-7-12-5-3-4-6-13(12)10-14/h2-8,10,15,17H,1,9H2. The maximum atomic E-state index is 9.13. The van der Waals surface area contributed by atoms with Gasteiger partial charge in [-0.15, -0.1) is 6.58 Å². The number of fused-ring (bicyclic) bond motifs is 1. The third-order valence-corrected chi connectivity index (χ3v) is 2.70. The summed E-state index contributed by atoms with van der Waals surface area (Å²) < 4.78 is 0. The molecule has 0 saturated carbocycles. The minimum absolute atomic E-state index is 0.280. The van der Waals surface area contributed by atoms with Gasteiger partial charge >= 0.3 is 0 Å². The van der Waals surface area contributed by atoms with Crippen LogP contribution >= 0.6 is 0 Å². The van der Waals surface area contributed by atoms with Crippen LogP contribution in [0.3, 0.4) is 0 Å². The highest BCUT2D eigenvalue weighted by atomic mass is 14.9. The smallest absolute Gasteiger partial charge is 0.121 e. The van der Waals surface area contributed by atoms with Crippen molar-refractivity contribution >= 4 is 10.8 Å². The van der Waals surface area contributed by atoms with Crippen molar-refractivity contribution in [1.82, 2.24) is 5.32 Å². The first-order valence-corrected chi connectivity index (χ1v) is 5.58. The summed E-state index contributed by atoms with van der Waals surface area (Å²) in [6.07, 6.45) is 1.76. The maximum Gasteiger partial charge on any atom is 0.121 e. The first-order valence-electron chi connectivity index (χ1n) is 5.58.